The van der Waals surface area contributed by atoms with E-state index in [0.29, 0.717) is 61.9 Å². The first kappa shape index (κ1) is 39.8. The number of carbonyl (C=O) groups is 4. The minimum Gasteiger partial charge on any atom is -0.469 e. The molecule has 0 spiro atoms. The Bertz CT molecular complexity index is 1340. The van der Waals surface area contributed by atoms with Crippen molar-refractivity contribution in [3.05, 3.63) is 12.2 Å². The molecule has 8 nitrogen and oxygen atoms in total. The number of ether oxygens (including phenoxy) is 2. The maximum absolute atomic E-state index is 14.4. The van der Waals surface area contributed by atoms with Crippen LogP contribution in [0.1, 0.15) is 151 Å². The SMILES string of the molecule is C=C(C)[C@@H]1CC[C@]2(C(=O)NCCCCC(=O)NCCCCC(=O)OC)CC[C@]3(C)[C@H](CC[C@@H]4[C@@]5(C)CC[C@H](OC(C)=O)C(C)(C)[C@@H]5CC[C@]43C)[C@@H]12. The van der Waals surface area contributed by atoms with Crippen LogP contribution in [0.25, 0.3) is 0 Å². The van der Waals surface area contributed by atoms with Gasteiger partial charge in [-0.15, -0.1) is 0 Å². The Hall–Kier alpha value is -2.38. The van der Waals surface area contributed by atoms with Gasteiger partial charge in [-0.25, -0.2) is 0 Å². The van der Waals surface area contributed by atoms with E-state index in [-0.39, 0.29) is 56.9 Å². The molecule has 0 aromatic heterocycles. The van der Waals surface area contributed by atoms with Crippen molar-refractivity contribution in [1.29, 1.82) is 0 Å². The molecule has 0 aliphatic heterocycles. The second-order valence-electron chi connectivity index (χ2n) is 18.9. The van der Waals surface area contributed by atoms with Crippen molar-refractivity contribution in [2.75, 3.05) is 20.2 Å². The fourth-order valence-corrected chi connectivity index (χ4v) is 13.5. The molecule has 0 heterocycles. The summed E-state index contributed by atoms with van der Waals surface area (Å²) in [6, 6.07) is 0. The first-order chi connectivity index (χ1) is 24.0. The number of esters is 2. The van der Waals surface area contributed by atoms with Crippen LogP contribution in [0.3, 0.4) is 0 Å². The highest BCUT2D eigenvalue weighted by Crippen LogP contribution is 2.77. The number of rotatable bonds is 13. The van der Waals surface area contributed by atoms with Crippen molar-refractivity contribution in [3.63, 3.8) is 0 Å². The molecule has 10 atom stereocenters. The molecule has 288 valence electrons. The molecule has 5 saturated carbocycles. The van der Waals surface area contributed by atoms with E-state index < -0.39 is 0 Å². The van der Waals surface area contributed by atoms with E-state index >= 15 is 0 Å². The van der Waals surface area contributed by atoms with Gasteiger partial charge in [0.05, 0.1) is 12.5 Å². The van der Waals surface area contributed by atoms with E-state index in [0.717, 1.165) is 57.8 Å². The number of amides is 2. The number of hydrogen-bond donors (Lipinski definition) is 2. The molecule has 2 N–H and O–H groups in total. The van der Waals surface area contributed by atoms with Crippen molar-refractivity contribution < 1.29 is 28.7 Å². The Morgan fingerprint density at radius 2 is 1.41 bits per heavy atom. The van der Waals surface area contributed by atoms with E-state index in [1.807, 2.05) is 0 Å². The van der Waals surface area contributed by atoms with E-state index in [2.05, 4.69) is 63.5 Å². The van der Waals surface area contributed by atoms with Crippen molar-refractivity contribution >= 4 is 23.8 Å². The smallest absolute Gasteiger partial charge is 0.305 e. The lowest BCUT2D eigenvalue weighted by Gasteiger charge is -2.72. The van der Waals surface area contributed by atoms with Crippen molar-refractivity contribution in [1.82, 2.24) is 10.6 Å². The number of fused-ring (bicyclic) bond motifs is 7. The summed E-state index contributed by atoms with van der Waals surface area (Å²) in [5, 5.41) is 6.34. The fraction of sp³-hybridized carbons (Fsp3) is 0.860. The second-order valence-corrected chi connectivity index (χ2v) is 18.9. The summed E-state index contributed by atoms with van der Waals surface area (Å²) in [4.78, 5) is 50.1. The van der Waals surface area contributed by atoms with Crippen LogP contribution in [0.5, 0.6) is 0 Å². The molecule has 0 saturated heterocycles. The van der Waals surface area contributed by atoms with Crippen molar-refractivity contribution in [2.24, 2.45) is 56.7 Å². The molecule has 0 unspecified atom stereocenters. The number of allylic oxidation sites excluding steroid dienone is 1. The van der Waals surface area contributed by atoms with Crippen LogP contribution < -0.4 is 10.6 Å². The standard InChI is InChI=1S/C43H70N2O6/c1-28(2)30-18-23-43(38(49)45-27-12-10-14-35(47)44-26-13-11-15-36(48)50-9)25-24-41(7)31(37(30)43)16-17-33-40(6)21-20-34(51-29(3)46)39(4,5)32(40)19-22-42(33,41)8/h30-34,37H,1,10-27H2,2-9H3,(H,44,47)(H,45,49)/t30-,31+,32-,33+,34-,37+,40-,41+,42+,43-/m0/s1. The Labute approximate surface area is 308 Å². The largest absolute Gasteiger partial charge is 0.469 e. The first-order valence-electron chi connectivity index (χ1n) is 20.4. The third-order valence-corrected chi connectivity index (χ3v) is 16.2. The summed E-state index contributed by atoms with van der Waals surface area (Å²) in [6.45, 7) is 22.0. The third kappa shape index (κ3) is 7.04. The summed E-state index contributed by atoms with van der Waals surface area (Å²) in [7, 11) is 1.39. The second kappa shape index (κ2) is 15.2. The molecule has 5 fully saturated rings. The van der Waals surface area contributed by atoms with Gasteiger partial charge in [0.2, 0.25) is 11.8 Å². The molecule has 51 heavy (non-hydrogen) atoms. The van der Waals surface area contributed by atoms with Gasteiger partial charge in [-0.05, 0) is 143 Å². The zero-order valence-corrected chi connectivity index (χ0v) is 33.3. The lowest BCUT2D eigenvalue weighted by Crippen LogP contribution is -2.67. The molecule has 0 aromatic rings. The van der Waals surface area contributed by atoms with Crippen LogP contribution in [0.2, 0.25) is 0 Å². The number of methoxy groups -OCH3 is 1. The molecule has 5 aliphatic carbocycles. The summed E-state index contributed by atoms with van der Waals surface area (Å²) in [5.41, 5.74) is 1.40. The number of carbonyl (C=O) groups excluding carboxylic acids is 4. The quantitative estimate of drug-likeness (QED) is 0.113. The number of unbranched alkanes of at least 4 members (excludes halogenated alkanes) is 2. The molecule has 2 amide bonds. The highest BCUT2D eigenvalue weighted by atomic mass is 16.5. The summed E-state index contributed by atoms with van der Waals surface area (Å²) < 4.78 is 10.6. The molecule has 5 rings (SSSR count). The zero-order chi connectivity index (χ0) is 37.4. The Kier molecular flexibility index (Phi) is 11.8. The summed E-state index contributed by atoms with van der Waals surface area (Å²) >= 11 is 0. The molecule has 0 radical (unpaired) electrons. The molecule has 5 aliphatic rings. The Balaban J connectivity index is 1.24. The minimum atomic E-state index is -0.344. The predicted octanol–water partition coefficient (Wildman–Crippen LogP) is 8.32. The van der Waals surface area contributed by atoms with Crippen LogP contribution in [-0.4, -0.2) is 50.1 Å². The Morgan fingerprint density at radius 3 is 2.08 bits per heavy atom. The van der Waals surface area contributed by atoms with Gasteiger partial charge < -0.3 is 20.1 Å². The van der Waals surface area contributed by atoms with E-state index in [1.165, 1.54) is 38.4 Å². The van der Waals surface area contributed by atoms with Crippen LogP contribution in [0.15, 0.2) is 12.2 Å². The molecule has 0 aromatic carbocycles. The van der Waals surface area contributed by atoms with Gasteiger partial charge in [0, 0.05) is 38.3 Å². The van der Waals surface area contributed by atoms with Gasteiger partial charge in [0.25, 0.3) is 0 Å². The lowest BCUT2D eigenvalue weighted by atomic mass is 9.32. The van der Waals surface area contributed by atoms with Gasteiger partial charge in [0.1, 0.15) is 6.10 Å². The van der Waals surface area contributed by atoms with Crippen molar-refractivity contribution in [3.8, 4) is 0 Å². The van der Waals surface area contributed by atoms with E-state index in [9.17, 15) is 19.2 Å². The summed E-state index contributed by atoms with van der Waals surface area (Å²) in [5.74, 6) is 2.21. The third-order valence-electron chi connectivity index (χ3n) is 16.2. The highest BCUT2D eigenvalue weighted by Gasteiger charge is 2.72. The van der Waals surface area contributed by atoms with Crippen LogP contribution in [0, 0.1) is 56.7 Å². The van der Waals surface area contributed by atoms with E-state index in [4.69, 9.17) is 4.74 Å². The number of nitrogens with one attached hydrogen (secondary N) is 2. The number of hydrogen-bond acceptors (Lipinski definition) is 6. The minimum absolute atomic E-state index is 0.0134. The highest BCUT2D eigenvalue weighted by molar-refractivity contribution is 5.84. The topological polar surface area (TPSA) is 111 Å². The molecule has 8 heteroatoms. The van der Waals surface area contributed by atoms with Crippen LogP contribution >= 0.6 is 0 Å². The van der Waals surface area contributed by atoms with E-state index in [1.54, 1.807) is 6.92 Å². The first-order valence-corrected chi connectivity index (χ1v) is 20.4. The van der Waals surface area contributed by atoms with Crippen LogP contribution in [0.4, 0.5) is 0 Å². The van der Waals surface area contributed by atoms with Gasteiger partial charge in [0.15, 0.2) is 0 Å². The lowest BCUT2D eigenvalue weighted by molar-refractivity contribution is -0.248. The maximum atomic E-state index is 14.4. The monoisotopic (exact) mass is 711 g/mol. The Morgan fingerprint density at radius 1 is 0.725 bits per heavy atom. The average Bonchev–Trinajstić information content (AvgIpc) is 3.47. The van der Waals surface area contributed by atoms with Gasteiger partial charge >= 0.3 is 11.9 Å². The molecular formula is C43H70N2O6. The maximum Gasteiger partial charge on any atom is 0.305 e. The van der Waals surface area contributed by atoms with Gasteiger partial charge in [-0.3, -0.25) is 19.2 Å². The van der Waals surface area contributed by atoms with Crippen molar-refractivity contribution in [2.45, 2.75) is 157 Å². The normalized spacial score (nSPS) is 39.3. The van der Waals surface area contributed by atoms with Gasteiger partial charge in [-0.1, -0.05) is 46.8 Å². The molecular weight excluding hydrogens is 640 g/mol. The predicted molar refractivity (Wildman–Crippen MR) is 200 cm³/mol. The fourth-order valence-electron chi connectivity index (χ4n) is 13.5. The van der Waals surface area contributed by atoms with Gasteiger partial charge in [-0.2, -0.15) is 0 Å². The van der Waals surface area contributed by atoms with Crippen LogP contribution in [-0.2, 0) is 28.7 Å². The molecule has 0 bridgehead atoms. The summed E-state index contributed by atoms with van der Waals surface area (Å²) in [6.07, 6.45) is 14.6. The average molecular weight is 711 g/mol. The zero-order valence-electron chi connectivity index (χ0n) is 33.3.